The number of amides is 1. The van der Waals surface area contributed by atoms with Gasteiger partial charge in [0.2, 0.25) is 5.95 Å². The molecule has 2 fully saturated rings. The lowest BCUT2D eigenvalue weighted by atomic mass is 10.1. The molecule has 0 saturated carbocycles. The number of anilines is 1. The van der Waals surface area contributed by atoms with Gasteiger partial charge in [0.1, 0.15) is 23.1 Å². The number of carbonyl (C=O) groups excluding carboxylic acids is 1. The van der Waals surface area contributed by atoms with Crippen LogP contribution < -0.4 is 15.9 Å². The van der Waals surface area contributed by atoms with Crippen molar-refractivity contribution >= 4 is 22.6 Å². The predicted octanol–water partition coefficient (Wildman–Crippen LogP) is 1.78. The van der Waals surface area contributed by atoms with Gasteiger partial charge in [-0.3, -0.25) is 19.9 Å². The third-order valence-electron chi connectivity index (χ3n) is 6.49. The standard InChI is InChI=1S/C24H26F3N7O2/c1-2-17-23(35)30-19-10-14(9-16(26)21(19)28-17)11-32-5-7-33(8-6-32)20-4-3-18(29-22(20)27)24(36)31-34-12-15(25)13-34/h3-4,9-10,15H,2,5-8,11-13H2,1H3,(H,30,35)(H,31,36). The fourth-order valence-electron chi connectivity index (χ4n) is 4.49. The second-order valence-electron chi connectivity index (χ2n) is 9.05. The summed E-state index contributed by atoms with van der Waals surface area (Å²) >= 11 is 0. The molecule has 1 aromatic carbocycles. The van der Waals surface area contributed by atoms with E-state index in [-0.39, 0.29) is 29.9 Å². The summed E-state index contributed by atoms with van der Waals surface area (Å²) in [7, 11) is 0. The van der Waals surface area contributed by atoms with Crippen LogP contribution in [0.25, 0.3) is 11.0 Å². The van der Waals surface area contributed by atoms with Crippen molar-refractivity contribution in [2.24, 2.45) is 0 Å². The van der Waals surface area contributed by atoms with Gasteiger partial charge in [-0.05, 0) is 36.2 Å². The van der Waals surface area contributed by atoms with Crippen molar-refractivity contribution in [2.75, 3.05) is 44.2 Å². The van der Waals surface area contributed by atoms with Crippen LogP contribution in [0.5, 0.6) is 0 Å². The summed E-state index contributed by atoms with van der Waals surface area (Å²) in [5, 5.41) is 1.41. The largest absolute Gasteiger partial charge is 0.365 e. The number of nitrogens with zero attached hydrogens (tertiary/aromatic N) is 5. The van der Waals surface area contributed by atoms with Crippen LogP contribution in [-0.2, 0) is 13.0 Å². The van der Waals surface area contributed by atoms with E-state index >= 15 is 0 Å². The number of fused-ring (bicyclic) bond motifs is 1. The fraction of sp³-hybridized carbons (Fsp3) is 0.417. The van der Waals surface area contributed by atoms with Gasteiger partial charge in [-0.15, -0.1) is 0 Å². The predicted molar refractivity (Wildman–Crippen MR) is 127 cm³/mol. The van der Waals surface area contributed by atoms with E-state index in [9.17, 15) is 22.8 Å². The van der Waals surface area contributed by atoms with Crippen molar-refractivity contribution in [2.45, 2.75) is 26.1 Å². The second-order valence-corrected chi connectivity index (χ2v) is 9.05. The number of aromatic nitrogens is 3. The van der Waals surface area contributed by atoms with Crippen molar-refractivity contribution in [3.8, 4) is 0 Å². The van der Waals surface area contributed by atoms with Crippen LogP contribution in [0.1, 0.15) is 28.7 Å². The van der Waals surface area contributed by atoms with Crippen molar-refractivity contribution in [3.63, 3.8) is 0 Å². The van der Waals surface area contributed by atoms with Crippen LogP contribution in [0.4, 0.5) is 18.9 Å². The zero-order valence-electron chi connectivity index (χ0n) is 19.7. The normalized spacial score (nSPS) is 17.4. The van der Waals surface area contributed by atoms with Gasteiger partial charge in [-0.25, -0.2) is 23.8 Å². The first-order valence-corrected chi connectivity index (χ1v) is 11.9. The highest BCUT2D eigenvalue weighted by atomic mass is 19.1. The number of hydrogen-bond donors (Lipinski definition) is 2. The van der Waals surface area contributed by atoms with Gasteiger partial charge in [0.15, 0.2) is 5.82 Å². The molecule has 0 unspecified atom stereocenters. The van der Waals surface area contributed by atoms with E-state index in [0.717, 1.165) is 0 Å². The lowest BCUT2D eigenvalue weighted by Crippen LogP contribution is -2.57. The quantitative estimate of drug-likeness (QED) is 0.497. The third kappa shape index (κ3) is 4.91. The Balaban J connectivity index is 1.21. The number of hydrazine groups is 1. The highest BCUT2D eigenvalue weighted by molar-refractivity contribution is 5.92. The molecule has 0 aliphatic carbocycles. The maximum atomic E-state index is 14.7. The highest BCUT2D eigenvalue weighted by Crippen LogP contribution is 2.22. The van der Waals surface area contributed by atoms with Crippen molar-refractivity contribution in [1.29, 1.82) is 0 Å². The summed E-state index contributed by atoms with van der Waals surface area (Å²) in [5.41, 5.74) is 3.92. The molecule has 2 saturated heterocycles. The molecule has 0 spiro atoms. The molecule has 0 atom stereocenters. The number of H-pyrrole nitrogens is 1. The SMILES string of the molecule is CCc1nc2c(F)cc(CN3CCN(c4ccc(C(=O)NN5CC(F)C5)nc4F)CC3)cc2[nH]c1=O. The number of benzene rings is 1. The molecule has 12 heteroatoms. The summed E-state index contributed by atoms with van der Waals surface area (Å²) in [6.45, 7) is 4.71. The molecular formula is C24H26F3N7O2. The first kappa shape index (κ1) is 24.2. The van der Waals surface area contributed by atoms with E-state index in [1.165, 1.54) is 23.2 Å². The number of alkyl halides is 1. The molecule has 1 amide bonds. The van der Waals surface area contributed by atoms with Crippen LogP contribution >= 0.6 is 0 Å². The first-order valence-electron chi connectivity index (χ1n) is 11.9. The molecule has 2 aromatic heterocycles. The van der Waals surface area contributed by atoms with Gasteiger partial charge in [0.25, 0.3) is 11.5 Å². The Labute approximate surface area is 204 Å². The number of pyridine rings is 1. The molecule has 9 nitrogen and oxygen atoms in total. The van der Waals surface area contributed by atoms with Crippen molar-refractivity contribution in [1.82, 2.24) is 30.3 Å². The van der Waals surface area contributed by atoms with E-state index in [2.05, 4.69) is 25.3 Å². The van der Waals surface area contributed by atoms with Gasteiger partial charge in [0.05, 0.1) is 24.3 Å². The summed E-state index contributed by atoms with van der Waals surface area (Å²) in [6.07, 6.45) is -0.547. The van der Waals surface area contributed by atoms with Crippen molar-refractivity contribution < 1.29 is 18.0 Å². The number of hydrogen-bond acceptors (Lipinski definition) is 7. The summed E-state index contributed by atoms with van der Waals surface area (Å²) in [4.78, 5) is 38.9. The Morgan fingerprint density at radius 2 is 1.89 bits per heavy atom. The monoisotopic (exact) mass is 501 g/mol. The van der Waals surface area contributed by atoms with Gasteiger partial charge in [0, 0.05) is 32.7 Å². The average molecular weight is 502 g/mol. The minimum Gasteiger partial charge on any atom is -0.365 e. The minimum absolute atomic E-state index is 0.0749. The molecule has 0 radical (unpaired) electrons. The van der Waals surface area contributed by atoms with Crippen LogP contribution in [0, 0.1) is 11.8 Å². The Morgan fingerprint density at radius 3 is 2.56 bits per heavy atom. The molecule has 2 aliphatic heterocycles. The minimum atomic E-state index is -0.966. The Morgan fingerprint density at radius 1 is 1.14 bits per heavy atom. The molecule has 36 heavy (non-hydrogen) atoms. The highest BCUT2D eigenvalue weighted by Gasteiger charge is 2.28. The third-order valence-corrected chi connectivity index (χ3v) is 6.49. The number of halogens is 3. The molecule has 0 bridgehead atoms. The summed E-state index contributed by atoms with van der Waals surface area (Å²) < 4.78 is 42.3. The lowest BCUT2D eigenvalue weighted by molar-refractivity contribution is 0.0189. The Hall–Kier alpha value is -3.51. The van der Waals surface area contributed by atoms with Crippen LogP contribution in [0.3, 0.4) is 0 Å². The van der Waals surface area contributed by atoms with Gasteiger partial charge >= 0.3 is 0 Å². The molecule has 2 N–H and O–H groups in total. The second kappa shape index (κ2) is 9.86. The van der Waals surface area contributed by atoms with Crippen LogP contribution in [-0.4, -0.2) is 76.2 Å². The van der Waals surface area contributed by atoms with E-state index in [4.69, 9.17) is 0 Å². The molecule has 4 heterocycles. The van der Waals surface area contributed by atoms with E-state index in [1.54, 1.807) is 13.0 Å². The topological polar surface area (TPSA) is 97.5 Å². The number of piperazine rings is 1. The maximum Gasteiger partial charge on any atom is 0.284 e. The summed E-state index contributed by atoms with van der Waals surface area (Å²) in [6, 6.07) is 6.14. The Bertz CT molecular complexity index is 1350. The smallest absolute Gasteiger partial charge is 0.284 e. The zero-order valence-corrected chi connectivity index (χ0v) is 19.7. The van der Waals surface area contributed by atoms with E-state index in [1.807, 2.05) is 4.90 Å². The van der Waals surface area contributed by atoms with Crippen LogP contribution in [0.15, 0.2) is 29.1 Å². The number of aromatic amines is 1. The number of nitrogens with one attached hydrogen (secondary N) is 2. The maximum absolute atomic E-state index is 14.7. The summed E-state index contributed by atoms with van der Waals surface area (Å²) in [5.74, 6) is -1.81. The zero-order chi connectivity index (χ0) is 25.4. The van der Waals surface area contributed by atoms with Gasteiger partial charge < -0.3 is 9.88 Å². The average Bonchev–Trinajstić information content (AvgIpc) is 2.83. The van der Waals surface area contributed by atoms with Crippen molar-refractivity contribution in [3.05, 3.63) is 63.3 Å². The van der Waals surface area contributed by atoms with E-state index < -0.39 is 23.8 Å². The first-order chi connectivity index (χ1) is 17.3. The number of aryl methyl sites for hydroxylation is 1. The molecule has 3 aromatic rings. The molecular weight excluding hydrogens is 475 g/mol. The number of carbonyl (C=O) groups is 1. The van der Waals surface area contributed by atoms with Crippen LogP contribution in [0.2, 0.25) is 0 Å². The van der Waals surface area contributed by atoms with Gasteiger partial charge in [-0.1, -0.05) is 6.92 Å². The van der Waals surface area contributed by atoms with E-state index in [0.29, 0.717) is 61.6 Å². The number of rotatable bonds is 6. The lowest BCUT2D eigenvalue weighted by Gasteiger charge is -2.36. The molecule has 190 valence electrons. The van der Waals surface area contributed by atoms with Gasteiger partial charge in [-0.2, -0.15) is 4.39 Å². The molecule has 2 aliphatic rings. The molecule has 5 rings (SSSR count). The Kier molecular flexibility index (Phi) is 6.63. The fourth-order valence-corrected chi connectivity index (χ4v) is 4.49.